The van der Waals surface area contributed by atoms with Crippen LogP contribution in [0.1, 0.15) is 60.8 Å². The van der Waals surface area contributed by atoms with Crippen LogP contribution in [0.4, 0.5) is 4.79 Å². The van der Waals surface area contributed by atoms with Crippen molar-refractivity contribution >= 4 is 23.9 Å². The Balaban J connectivity index is 2.73. The molecule has 1 saturated heterocycles. The Morgan fingerprint density at radius 2 is 1.61 bits per heavy atom. The molecule has 0 aliphatic carbocycles. The molecule has 0 saturated carbocycles. The first kappa shape index (κ1) is 26.7. The molecule has 0 aromatic rings. The fraction of sp³-hybridized carbons (Fsp3) is 0.810. The summed E-state index contributed by atoms with van der Waals surface area (Å²) < 4.78 is 5.28. The van der Waals surface area contributed by atoms with Crippen LogP contribution in [0.3, 0.4) is 0 Å². The number of nitrogens with zero attached hydrogens (tertiary/aromatic N) is 1. The van der Waals surface area contributed by atoms with Crippen molar-refractivity contribution in [1.82, 2.24) is 15.5 Å². The van der Waals surface area contributed by atoms with E-state index in [0.29, 0.717) is 32.4 Å². The fourth-order valence-electron chi connectivity index (χ4n) is 3.34. The molecule has 0 bridgehead atoms. The van der Waals surface area contributed by atoms with E-state index < -0.39 is 47.7 Å². The van der Waals surface area contributed by atoms with Crippen LogP contribution in [-0.2, 0) is 19.1 Å². The van der Waals surface area contributed by atoms with E-state index in [1.54, 1.807) is 25.7 Å². The van der Waals surface area contributed by atoms with Crippen LogP contribution >= 0.6 is 0 Å². The minimum atomic E-state index is -1.38. The largest absolute Gasteiger partial charge is 0.480 e. The van der Waals surface area contributed by atoms with Crippen LogP contribution in [-0.4, -0.2) is 75.9 Å². The number of nitrogens with one attached hydrogen (secondary N) is 2. The summed E-state index contributed by atoms with van der Waals surface area (Å²) >= 11 is 0. The zero-order valence-electron chi connectivity index (χ0n) is 19.3. The average molecular weight is 444 g/mol. The van der Waals surface area contributed by atoms with Gasteiger partial charge in [0.15, 0.2) is 6.04 Å². The number of carboxylic acids is 1. The zero-order chi connectivity index (χ0) is 23.9. The zero-order valence-corrected chi connectivity index (χ0v) is 19.3. The van der Waals surface area contributed by atoms with Crippen LogP contribution in [0.5, 0.6) is 0 Å². The Kier molecular flexibility index (Phi) is 9.73. The van der Waals surface area contributed by atoms with Crippen LogP contribution in [0.15, 0.2) is 0 Å². The molecular formula is C21H37N3O7. The number of hydrogen-bond acceptors (Lipinski definition) is 6. The maximum absolute atomic E-state index is 13.1. The highest BCUT2D eigenvalue weighted by Crippen LogP contribution is 2.21. The van der Waals surface area contributed by atoms with E-state index in [-0.39, 0.29) is 11.8 Å². The molecule has 1 heterocycles. The van der Waals surface area contributed by atoms with Crippen molar-refractivity contribution in [2.45, 2.75) is 84.6 Å². The van der Waals surface area contributed by atoms with Gasteiger partial charge in [0, 0.05) is 19.0 Å². The second-order valence-corrected chi connectivity index (χ2v) is 9.17. The lowest BCUT2D eigenvalue weighted by Crippen LogP contribution is -2.55. The third kappa shape index (κ3) is 8.35. The Hall–Kier alpha value is -2.36. The van der Waals surface area contributed by atoms with E-state index in [1.807, 2.05) is 13.8 Å². The molecule has 0 aromatic carbocycles. The monoisotopic (exact) mass is 443 g/mol. The van der Waals surface area contributed by atoms with Gasteiger partial charge in [-0.2, -0.15) is 0 Å². The molecule has 31 heavy (non-hydrogen) atoms. The molecule has 1 aliphatic rings. The third-order valence-corrected chi connectivity index (χ3v) is 5.37. The highest BCUT2D eigenvalue weighted by Gasteiger charge is 2.36. The molecule has 4 N–H and O–H groups in total. The highest BCUT2D eigenvalue weighted by molar-refractivity contribution is 5.87. The summed E-state index contributed by atoms with van der Waals surface area (Å²) in [4.78, 5) is 50.5. The highest BCUT2D eigenvalue weighted by atomic mass is 16.6. The Morgan fingerprint density at radius 1 is 1.06 bits per heavy atom. The first-order valence-corrected chi connectivity index (χ1v) is 10.8. The predicted octanol–water partition coefficient (Wildman–Crippen LogP) is 1.11. The van der Waals surface area contributed by atoms with E-state index >= 15 is 0 Å². The molecule has 4 atom stereocenters. The molecule has 1 aliphatic heterocycles. The molecule has 3 amide bonds. The molecule has 1 rings (SSSR count). The third-order valence-electron chi connectivity index (χ3n) is 5.37. The molecule has 10 heteroatoms. The van der Waals surface area contributed by atoms with Crippen LogP contribution in [0.25, 0.3) is 0 Å². The van der Waals surface area contributed by atoms with Crippen molar-refractivity contribution in [1.29, 1.82) is 0 Å². The lowest BCUT2D eigenvalue weighted by Gasteiger charge is -2.36. The van der Waals surface area contributed by atoms with E-state index in [1.165, 1.54) is 6.92 Å². The number of amides is 3. The number of aliphatic carboxylic acids is 1. The summed E-state index contributed by atoms with van der Waals surface area (Å²) in [5.74, 6) is -2.55. The molecule has 2 unspecified atom stereocenters. The van der Waals surface area contributed by atoms with Crippen molar-refractivity contribution < 1.29 is 34.1 Å². The number of carbonyl (C=O) groups excluding carboxylic acids is 3. The summed E-state index contributed by atoms with van der Waals surface area (Å²) in [6.45, 7) is 11.0. The van der Waals surface area contributed by atoms with Gasteiger partial charge in [-0.3, -0.25) is 9.59 Å². The molecular weight excluding hydrogens is 406 g/mol. The van der Waals surface area contributed by atoms with Crippen LogP contribution < -0.4 is 10.6 Å². The second kappa shape index (κ2) is 11.3. The number of ether oxygens (including phenoxy) is 1. The molecule has 0 aromatic heterocycles. The topological polar surface area (TPSA) is 145 Å². The number of rotatable bonds is 8. The van der Waals surface area contributed by atoms with E-state index in [9.17, 15) is 24.3 Å². The Morgan fingerprint density at radius 3 is 2.03 bits per heavy atom. The van der Waals surface area contributed by atoms with Gasteiger partial charge >= 0.3 is 12.1 Å². The van der Waals surface area contributed by atoms with E-state index in [0.717, 1.165) is 0 Å². The van der Waals surface area contributed by atoms with Crippen molar-refractivity contribution in [3.05, 3.63) is 0 Å². The van der Waals surface area contributed by atoms with Crippen molar-refractivity contribution in [2.75, 3.05) is 13.1 Å². The number of aliphatic hydroxyl groups is 1. The minimum absolute atomic E-state index is 0.108. The van der Waals surface area contributed by atoms with Gasteiger partial charge < -0.3 is 30.5 Å². The number of aliphatic hydroxyl groups excluding tert-OH is 1. The van der Waals surface area contributed by atoms with Gasteiger partial charge in [0.1, 0.15) is 11.6 Å². The molecule has 0 radical (unpaired) electrons. The van der Waals surface area contributed by atoms with Crippen molar-refractivity contribution in [3.63, 3.8) is 0 Å². The van der Waals surface area contributed by atoms with Gasteiger partial charge in [-0.15, -0.1) is 0 Å². The summed E-state index contributed by atoms with van der Waals surface area (Å²) in [5, 5.41) is 23.7. The SMILES string of the molecule is CCC(C)[C@H](NC(=O)OC(C)(C)C)C(=O)N1CCC(C(=O)N[C@H](C(=O)O)C(C)O)CC1. The normalized spacial score (nSPS) is 19.0. The van der Waals surface area contributed by atoms with Crippen molar-refractivity contribution in [2.24, 2.45) is 11.8 Å². The Bertz CT molecular complexity index is 652. The maximum atomic E-state index is 13.1. The quantitative estimate of drug-likeness (QED) is 0.440. The van der Waals surface area contributed by atoms with Gasteiger partial charge in [-0.1, -0.05) is 20.3 Å². The molecule has 10 nitrogen and oxygen atoms in total. The number of alkyl carbamates (subject to hydrolysis) is 1. The minimum Gasteiger partial charge on any atom is -0.480 e. The average Bonchev–Trinajstić information content (AvgIpc) is 2.67. The second-order valence-electron chi connectivity index (χ2n) is 9.17. The van der Waals surface area contributed by atoms with Gasteiger partial charge in [0.05, 0.1) is 6.10 Å². The smallest absolute Gasteiger partial charge is 0.408 e. The Labute approximate surface area is 183 Å². The van der Waals surface area contributed by atoms with Crippen LogP contribution in [0.2, 0.25) is 0 Å². The van der Waals surface area contributed by atoms with Gasteiger partial charge in [-0.05, 0) is 46.5 Å². The number of piperidine rings is 1. The lowest BCUT2D eigenvalue weighted by molar-refractivity contribution is -0.146. The van der Waals surface area contributed by atoms with E-state index in [2.05, 4.69) is 10.6 Å². The first-order chi connectivity index (χ1) is 14.3. The molecule has 0 spiro atoms. The predicted molar refractivity (Wildman–Crippen MR) is 113 cm³/mol. The van der Waals surface area contributed by atoms with Crippen molar-refractivity contribution in [3.8, 4) is 0 Å². The van der Waals surface area contributed by atoms with Crippen LogP contribution in [0, 0.1) is 11.8 Å². The van der Waals surface area contributed by atoms with Gasteiger partial charge in [0.2, 0.25) is 11.8 Å². The maximum Gasteiger partial charge on any atom is 0.408 e. The summed E-state index contributed by atoms with van der Waals surface area (Å²) in [6.07, 6.45) is -0.468. The lowest BCUT2D eigenvalue weighted by atomic mass is 9.93. The molecule has 178 valence electrons. The number of carboxylic acid groups (broad SMARTS) is 1. The summed E-state index contributed by atoms with van der Waals surface area (Å²) in [5.41, 5.74) is -0.682. The first-order valence-electron chi connectivity index (χ1n) is 10.8. The fourth-order valence-corrected chi connectivity index (χ4v) is 3.34. The van der Waals surface area contributed by atoms with Gasteiger partial charge in [0.25, 0.3) is 0 Å². The van der Waals surface area contributed by atoms with E-state index in [4.69, 9.17) is 9.84 Å². The molecule has 1 fully saturated rings. The van der Waals surface area contributed by atoms with Gasteiger partial charge in [-0.25, -0.2) is 9.59 Å². The number of likely N-dealkylation sites (tertiary alicyclic amines) is 1. The summed E-state index contributed by atoms with van der Waals surface area (Å²) in [6, 6.07) is -2.11. The number of hydrogen-bond donors (Lipinski definition) is 4. The number of carbonyl (C=O) groups is 4. The standard InChI is InChI=1S/C21H37N3O7/c1-7-12(2)15(23-20(30)31-21(4,5)6)18(27)24-10-8-14(9-11-24)17(26)22-16(13(3)25)19(28)29/h12-16,25H,7-11H2,1-6H3,(H,22,26)(H,23,30)(H,28,29)/t12?,13?,15-,16-/m0/s1. The summed E-state index contributed by atoms with van der Waals surface area (Å²) in [7, 11) is 0.